The van der Waals surface area contributed by atoms with E-state index in [1.165, 1.54) is 6.08 Å². The first-order valence-corrected chi connectivity index (χ1v) is 10.3. The van der Waals surface area contributed by atoms with Gasteiger partial charge < -0.3 is 10.1 Å². The number of amides is 3. The number of nitrogens with zero attached hydrogens (tertiary/aromatic N) is 1. The van der Waals surface area contributed by atoms with Gasteiger partial charge in [0.25, 0.3) is 11.1 Å². The summed E-state index contributed by atoms with van der Waals surface area (Å²) in [6.07, 6.45) is 4.63. The number of hydrogen-bond donors (Lipinski definition) is 1. The molecule has 1 aliphatic rings. The molecule has 1 heterocycles. The second-order valence-corrected chi connectivity index (χ2v) is 7.65. The normalized spacial score (nSPS) is 15.3. The van der Waals surface area contributed by atoms with Crippen LogP contribution in [0.5, 0.6) is 5.75 Å². The second-order valence-electron chi connectivity index (χ2n) is 6.25. The average molecular weight is 443 g/mol. The molecule has 6 nitrogen and oxygen atoms in total. The van der Waals surface area contributed by atoms with Crippen LogP contribution < -0.4 is 10.1 Å². The lowest BCUT2D eigenvalue weighted by Gasteiger charge is -2.12. The van der Waals surface area contributed by atoms with Gasteiger partial charge in [-0.05, 0) is 53.2 Å². The van der Waals surface area contributed by atoms with Crippen LogP contribution in [0.3, 0.4) is 0 Å². The number of carbonyl (C=O) groups excluding carboxylic acids is 3. The highest BCUT2D eigenvalue weighted by Crippen LogP contribution is 2.32. The fourth-order valence-corrected chi connectivity index (χ4v) is 3.73. The summed E-state index contributed by atoms with van der Waals surface area (Å²) in [6.45, 7) is 0.246. The SMILES string of the molecule is COc1ccc(C=C2SC(=O)N(CCNC(=O)C=Cc3ccccc3Cl)C2=O)cc1. The number of carbonyl (C=O) groups is 3. The molecule has 1 N–H and O–H groups in total. The Morgan fingerprint density at radius 2 is 1.90 bits per heavy atom. The topological polar surface area (TPSA) is 75.7 Å². The van der Waals surface area contributed by atoms with Crippen LogP contribution in [0.2, 0.25) is 5.02 Å². The largest absolute Gasteiger partial charge is 0.497 e. The molecule has 1 fully saturated rings. The highest BCUT2D eigenvalue weighted by molar-refractivity contribution is 8.18. The number of benzene rings is 2. The Kier molecular flexibility index (Phi) is 7.32. The number of halogens is 1. The van der Waals surface area contributed by atoms with Gasteiger partial charge in [0, 0.05) is 24.2 Å². The van der Waals surface area contributed by atoms with E-state index in [-0.39, 0.29) is 30.1 Å². The van der Waals surface area contributed by atoms with Crippen LogP contribution in [0.25, 0.3) is 12.2 Å². The van der Waals surface area contributed by atoms with Crippen LogP contribution in [0.15, 0.2) is 59.5 Å². The molecule has 0 spiro atoms. The molecule has 0 aliphatic carbocycles. The maximum atomic E-state index is 12.5. The highest BCUT2D eigenvalue weighted by Gasteiger charge is 2.34. The molecule has 8 heteroatoms. The van der Waals surface area contributed by atoms with Crippen molar-refractivity contribution in [3.05, 3.63) is 75.7 Å². The van der Waals surface area contributed by atoms with Crippen molar-refractivity contribution in [2.45, 2.75) is 0 Å². The van der Waals surface area contributed by atoms with Crippen LogP contribution >= 0.6 is 23.4 Å². The van der Waals surface area contributed by atoms with Gasteiger partial charge in [-0.15, -0.1) is 0 Å². The fraction of sp³-hybridized carbons (Fsp3) is 0.136. The molecule has 30 heavy (non-hydrogen) atoms. The van der Waals surface area contributed by atoms with E-state index in [4.69, 9.17) is 16.3 Å². The zero-order valence-corrected chi connectivity index (χ0v) is 17.7. The Balaban J connectivity index is 1.53. The van der Waals surface area contributed by atoms with Crippen molar-refractivity contribution in [1.82, 2.24) is 10.2 Å². The number of nitrogens with one attached hydrogen (secondary N) is 1. The molecule has 0 saturated carbocycles. The molecule has 0 unspecified atom stereocenters. The molecule has 1 saturated heterocycles. The van der Waals surface area contributed by atoms with Crippen molar-refractivity contribution in [2.24, 2.45) is 0 Å². The standard InChI is InChI=1S/C22H19ClN2O4S/c1-29-17-9-6-15(7-10-17)14-19-21(27)25(22(28)30-19)13-12-24-20(26)11-8-16-4-2-3-5-18(16)23/h2-11,14H,12-13H2,1H3,(H,24,26). The van der Waals surface area contributed by atoms with E-state index < -0.39 is 0 Å². The van der Waals surface area contributed by atoms with Gasteiger partial charge in [-0.1, -0.05) is 41.9 Å². The third kappa shape index (κ3) is 5.52. The molecule has 154 valence electrons. The molecule has 1 aliphatic heterocycles. The van der Waals surface area contributed by atoms with E-state index in [1.54, 1.807) is 61.7 Å². The van der Waals surface area contributed by atoms with Gasteiger partial charge in [0.05, 0.1) is 12.0 Å². The fourth-order valence-electron chi connectivity index (χ4n) is 2.67. The van der Waals surface area contributed by atoms with Crippen LogP contribution in [-0.2, 0) is 9.59 Å². The number of thioether (sulfide) groups is 1. The monoisotopic (exact) mass is 442 g/mol. The smallest absolute Gasteiger partial charge is 0.293 e. The molecular formula is C22H19ClN2O4S. The maximum Gasteiger partial charge on any atom is 0.293 e. The van der Waals surface area contributed by atoms with E-state index in [0.29, 0.717) is 15.7 Å². The summed E-state index contributed by atoms with van der Waals surface area (Å²) < 4.78 is 5.11. The molecule has 3 rings (SSSR count). The lowest BCUT2D eigenvalue weighted by molar-refractivity contribution is -0.123. The summed E-state index contributed by atoms with van der Waals surface area (Å²) in [5, 5.41) is 2.84. The Morgan fingerprint density at radius 3 is 2.60 bits per heavy atom. The van der Waals surface area contributed by atoms with Gasteiger partial charge in [0.1, 0.15) is 5.75 Å². The zero-order valence-electron chi connectivity index (χ0n) is 16.1. The Hall–Kier alpha value is -3.03. The maximum absolute atomic E-state index is 12.5. The summed E-state index contributed by atoms with van der Waals surface area (Å²) in [7, 11) is 1.58. The van der Waals surface area contributed by atoms with Crippen molar-refractivity contribution in [3.8, 4) is 5.75 Å². The summed E-state index contributed by atoms with van der Waals surface area (Å²) >= 11 is 6.92. The first-order valence-electron chi connectivity index (χ1n) is 9.08. The van der Waals surface area contributed by atoms with Crippen LogP contribution in [0.4, 0.5) is 4.79 Å². The number of rotatable bonds is 7. The van der Waals surface area contributed by atoms with Gasteiger partial charge in [0.2, 0.25) is 5.91 Å². The predicted octanol–water partition coefficient (Wildman–Crippen LogP) is 4.21. The van der Waals surface area contributed by atoms with Crippen molar-refractivity contribution in [3.63, 3.8) is 0 Å². The van der Waals surface area contributed by atoms with Crippen LogP contribution in [0.1, 0.15) is 11.1 Å². The van der Waals surface area contributed by atoms with Crippen LogP contribution in [0, 0.1) is 0 Å². The summed E-state index contributed by atoms with van der Waals surface area (Å²) in [4.78, 5) is 38.1. The number of ether oxygens (including phenoxy) is 1. The predicted molar refractivity (Wildman–Crippen MR) is 119 cm³/mol. The Morgan fingerprint density at radius 1 is 1.17 bits per heavy atom. The number of hydrogen-bond acceptors (Lipinski definition) is 5. The molecule has 3 amide bonds. The van der Waals surface area contributed by atoms with E-state index in [0.717, 1.165) is 27.8 Å². The minimum atomic E-state index is -0.373. The van der Waals surface area contributed by atoms with Gasteiger partial charge in [-0.25, -0.2) is 0 Å². The number of methoxy groups -OCH3 is 1. The zero-order chi connectivity index (χ0) is 21.5. The molecule has 2 aromatic rings. The first-order chi connectivity index (χ1) is 14.5. The lowest BCUT2D eigenvalue weighted by atomic mass is 10.2. The van der Waals surface area contributed by atoms with E-state index in [2.05, 4.69) is 5.32 Å². The molecule has 2 aromatic carbocycles. The minimum Gasteiger partial charge on any atom is -0.497 e. The molecule has 0 radical (unpaired) electrons. The molecule has 0 atom stereocenters. The van der Waals surface area contributed by atoms with E-state index in [1.807, 2.05) is 6.07 Å². The minimum absolute atomic E-state index is 0.0935. The first kappa shape index (κ1) is 21.7. The summed E-state index contributed by atoms with van der Waals surface area (Å²) in [5.74, 6) is -0.00285. The Labute approximate surface area is 183 Å². The third-order valence-electron chi connectivity index (χ3n) is 4.24. The van der Waals surface area contributed by atoms with Crippen LogP contribution in [-0.4, -0.2) is 42.2 Å². The Bertz CT molecular complexity index is 1020. The van der Waals surface area contributed by atoms with Gasteiger partial charge >= 0.3 is 0 Å². The van der Waals surface area contributed by atoms with Gasteiger partial charge in [-0.3, -0.25) is 19.3 Å². The second kappa shape index (κ2) is 10.1. The molecule has 0 aromatic heterocycles. The van der Waals surface area contributed by atoms with E-state index in [9.17, 15) is 14.4 Å². The summed E-state index contributed by atoms with van der Waals surface area (Å²) in [5.41, 5.74) is 1.52. The van der Waals surface area contributed by atoms with Gasteiger partial charge in [0.15, 0.2) is 0 Å². The average Bonchev–Trinajstić information content (AvgIpc) is 3.01. The van der Waals surface area contributed by atoms with Crippen molar-refractivity contribution in [2.75, 3.05) is 20.2 Å². The van der Waals surface area contributed by atoms with E-state index >= 15 is 0 Å². The quantitative estimate of drug-likeness (QED) is 0.650. The van der Waals surface area contributed by atoms with Gasteiger partial charge in [-0.2, -0.15) is 0 Å². The molecule has 0 bridgehead atoms. The lowest BCUT2D eigenvalue weighted by Crippen LogP contribution is -2.36. The van der Waals surface area contributed by atoms with Crippen molar-refractivity contribution in [1.29, 1.82) is 0 Å². The van der Waals surface area contributed by atoms with Crippen molar-refractivity contribution < 1.29 is 19.1 Å². The highest BCUT2D eigenvalue weighted by atomic mass is 35.5. The number of imide groups is 1. The molecular weight excluding hydrogens is 424 g/mol. The third-order valence-corrected chi connectivity index (χ3v) is 5.49. The van der Waals surface area contributed by atoms with Crippen molar-refractivity contribution >= 4 is 52.6 Å². The summed E-state index contributed by atoms with van der Waals surface area (Å²) in [6, 6.07) is 14.3.